The van der Waals surface area contributed by atoms with E-state index in [4.69, 9.17) is 4.74 Å². The van der Waals surface area contributed by atoms with E-state index in [1.165, 1.54) is 30.2 Å². The topological polar surface area (TPSA) is 76.1 Å². The van der Waals surface area contributed by atoms with E-state index in [0.29, 0.717) is 19.4 Å². The van der Waals surface area contributed by atoms with Gasteiger partial charge in [0.25, 0.3) is 0 Å². The zero-order valence-electron chi connectivity index (χ0n) is 14.9. The third-order valence-electron chi connectivity index (χ3n) is 4.61. The molecular formula is C18H22F3NO5. The fourth-order valence-electron chi connectivity index (χ4n) is 3.31. The van der Waals surface area contributed by atoms with Crippen LogP contribution in [-0.4, -0.2) is 55.1 Å². The van der Waals surface area contributed by atoms with Crippen molar-refractivity contribution >= 4 is 11.9 Å². The van der Waals surface area contributed by atoms with E-state index >= 15 is 0 Å². The first-order valence-electron chi connectivity index (χ1n) is 8.51. The molecule has 1 aromatic rings. The van der Waals surface area contributed by atoms with Crippen LogP contribution in [0.2, 0.25) is 0 Å². The van der Waals surface area contributed by atoms with Crippen LogP contribution in [0.15, 0.2) is 24.3 Å². The Hall–Kier alpha value is -2.29. The second-order valence-electron chi connectivity index (χ2n) is 6.59. The normalized spacial score (nSPS) is 20.4. The Balaban J connectivity index is 2.03. The average Bonchev–Trinajstić information content (AvgIpc) is 2.59. The number of methoxy groups -OCH3 is 1. The lowest BCUT2D eigenvalue weighted by Crippen LogP contribution is -2.52. The zero-order chi connectivity index (χ0) is 20.1. The van der Waals surface area contributed by atoms with E-state index in [9.17, 15) is 27.9 Å². The Labute approximate surface area is 154 Å². The van der Waals surface area contributed by atoms with Crippen molar-refractivity contribution in [3.05, 3.63) is 29.8 Å². The molecule has 9 heteroatoms. The number of carbonyl (C=O) groups is 2. The molecule has 1 N–H and O–H groups in total. The Morgan fingerprint density at radius 1 is 1.30 bits per heavy atom. The maximum Gasteiger partial charge on any atom is 0.573 e. The number of carbonyl (C=O) groups excluding carboxylic acids is 1. The zero-order valence-corrected chi connectivity index (χ0v) is 14.9. The summed E-state index contributed by atoms with van der Waals surface area (Å²) in [4.78, 5) is 25.6. The Morgan fingerprint density at radius 2 is 2.00 bits per heavy atom. The van der Waals surface area contributed by atoms with Crippen LogP contribution in [0.3, 0.4) is 0 Å². The molecule has 1 aromatic carbocycles. The number of alkyl halides is 3. The first-order valence-corrected chi connectivity index (χ1v) is 8.51. The summed E-state index contributed by atoms with van der Waals surface area (Å²) in [6, 6.07) is 5.65. The van der Waals surface area contributed by atoms with Gasteiger partial charge in [0.05, 0.1) is 6.61 Å². The van der Waals surface area contributed by atoms with Gasteiger partial charge in [0.2, 0.25) is 5.91 Å². The highest BCUT2D eigenvalue weighted by Crippen LogP contribution is 2.32. The molecule has 1 saturated heterocycles. The van der Waals surface area contributed by atoms with Crippen molar-refractivity contribution in [3.8, 4) is 5.75 Å². The monoisotopic (exact) mass is 389 g/mol. The first-order chi connectivity index (χ1) is 12.7. The number of amides is 1. The van der Waals surface area contributed by atoms with E-state index < -0.39 is 17.7 Å². The van der Waals surface area contributed by atoms with Gasteiger partial charge in [-0.25, -0.2) is 0 Å². The number of hydrogen-bond donors (Lipinski definition) is 1. The third kappa shape index (κ3) is 5.59. The van der Waals surface area contributed by atoms with Gasteiger partial charge in [-0.05, 0) is 30.9 Å². The molecule has 0 aromatic heterocycles. The van der Waals surface area contributed by atoms with E-state index in [1.807, 2.05) is 0 Å². The van der Waals surface area contributed by atoms with Gasteiger partial charge in [-0.15, -0.1) is 13.2 Å². The summed E-state index contributed by atoms with van der Waals surface area (Å²) >= 11 is 0. The number of carboxylic acid groups (broad SMARTS) is 1. The maximum atomic E-state index is 12.5. The third-order valence-corrected chi connectivity index (χ3v) is 4.61. The minimum atomic E-state index is -4.81. The lowest BCUT2D eigenvalue weighted by atomic mass is 9.80. The Bertz CT molecular complexity index is 675. The number of benzene rings is 1. The fraction of sp³-hybridized carbons (Fsp3) is 0.556. The molecule has 0 aliphatic carbocycles. The Morgan fingerprint density at radius 3 is 2.63 bits per heavy atom. The molecule has 27 heavy (non-hydrogen) atoms. The molecule has 1 unspecified atom stereocenters. The van der Waals surface area contributed by atoms with Crippen LogP contribution < -0.4 is 4.74 Å². The van der Waals surface area contributed by atoms with Gasteiger partial charge in [-0.3, -0.25) is 9.59 Å². The molecule has 2 rings (SSSR count). The summed E-state index contributed by atoms with van der Waals surface area (Å²) < 4.78 is 46.5. The molecule has 150 valence electrons. The molecule has 1 atom stereocenters. The largest absolute Gasteiger partial charge is 0.573 e. The molecule has 0 bridgehead atoms. The van der Waals surface area contributed by atoms with Gasteiger partial charge in [-0.2, -0.15) is 0 Å². The molecule has 0 saturated carbocycles. The van der Waals surface area contributed by atoms with E-state index in [-0.39, 0.29) is 43.2 Å². The number of rotatable bonds is 7. The van der Waals surface area contributed by atoms with Crippen molar-refractivity contribution in [2.45, 2.75) is 32.0 Å². The number of carboxylic acids is 1. The molecule has 6 nitrogen and oxygen atoms in total. The summed E-state index contributed by atoms with van der Waals surface area (Å²) in [6.07, 6.45) is -3.86. The highest BCUT2D eigenvalue weighted by atomic mass is 19.4. The number of piperidine rings is 1. The smallest absolute Gasteiger partial charge is 0.481 e. The first kappa shape index (κ1) is 21.0. The SMILES string of the molecule is COCC1(C(=O)O)CCCN(C(=O)CCc2ccccc2OC(F)(F)F)C1. The highest BCUT2D eigenvalue weighted by Gasteiger charge is 2.43. The van der Waals surface area contributed by atoms with Crippen LogP contribution in [0, 0.1) is 5.41 Å². The predicted molar refractivity (Wildman–Crippen MR) is 89.2 cm³/mol. The average molecular weight is 389 g/mol. The summed E-state index contributed by atoms with van der Waals surface area (Å²) in [5.41, 5.74) is -0.887. The second-order valence-corrected chi connectivity index (χ2v) is 6.59. The lowest BCUT2D eigenvalue weighted by molar-refractivity contribution is -0.274. The van der Waals surface area contributed by atoms with Gasteiger partial charge in [0.15, 0.2) is 0 Å². The summed E-state index contributed by atoms with van der Waals surface area (Å²) in [6.45, 7) is 0.433. The van der Waals surface area contributed by atoms with Gasteiger partial charge in [-0.1, -0.05) is 18.2 Å². The van der Waals surface area contributed by atoms with Gasteiger partial charge in [0.1, 0.15) is 11.2 Å². The van der Waals surface area contributed by atoms with Crippen molar-refractivity contribution in [1.29, 1.82) is 0 Å². The number of aliphatic carboxylic acids is 1. The van der Waals surface area contributed by atoms with Crippen molar-refractivity contribution in [1.82, 2.24) is 4.90 Å². The molecule has 1 amide bonds. The number of ether oxygens (including phenoxy) is 2. The van der Waals surface area contributed by atoms with Crippen molar-refractivity contribution < 1.29 is 37.3 Å². The van der Waals surface area contributed by atoms with Crippen LogP contribution >= 0.6 is 0 Å². The van der Waals surface area contributed by atoms with E-state index in [1.54, 1.807) is 6.07 Å². The Kier molecular flexibility index (Phi) is 6.69. The van der Waals surface area contributed by atoms with Crippen LogP contribution in [0.4, 0.5) is 13.2 Å². The standard InChI is InChI=1S/C18H22F3NO5/c1-26-12-17(16(24)25)9-4-10-22(11-17)15(23)8-7-13-5-2-3-6-14(13)27-18(19,20)21/h2-3,5-6H,4,7-12H2,1H3,(H,24,25). The molecule has 0 spiro atoms. The van der Waals surface area contributed by atoms with Crippen molar-refractivity contribution in [2.75, 3.05) is 26.8 Å². The van der Waals surface area contributed by atoms with Crippen molar-refractivity contribution in [3.63, 3.8) is 0 Å². The summed E-state index contributed by atoms with van der Waals surface area (Å²) in [5.74, 6) is -1.67. The van der Waals surface area contributed by atoms with Crippen LogP contribution in [0.25, 0.3) is 0 Å². The fourth-order valence-corrected chi connectivity index (χ4v) is 3.31. The minimum absolute atomic E-state index is 0.00559. The molecule has 0 radical (unpaired) electrons. The van der Waals surface area contributed by atoms with E-state index in [2.05, 4.69) is 4.74 Å². The number of nitrogens with zero attached hydrogens (tertiary/aromatic N) is 1. The quantitative estimate of drug-likeness (QED) is 0.776. The maximum absolute atomic E-state index is 12.5. The summed E-state index contributed by atoms with van der Waals surface area (Å²) in [7, 11) is 1.41. The molecule has 1 aliphatic heterocycles. The van der Waals surface area contributed by atoms with Gasteiger partial charge < -0.3 is 19.5 Å². The lowest BCUT2D eigenvalue weighted by Gasteiger charge is -2.39. The molecular weight excluding hydrogens is 367 g/mol. The molecule has 1 fully saturated rings. The number of likely N-dealkylation sites (tertiary alicyclic amines) is 1. The van der Waals surface area contributed by atoms with Crippen LogP contribution in [0.5, 0.6) is 5.75 Å². The minimum Gasteiger partial charge on any atom is -0.481 e. The second kappa shape index (κ2) is 8.60. The van der Waals surface area contributed by atoms with E-state index in [0.717, 1.165) is 0 Å². The predicted octanol–water partition coefficient (Wildman–Crippen LogP) is 2.86. The molecule has 1 heterocycles. The van der Waals surface area contributed by atoms with Gasteiger partial charge >= 0.3 is 12.3 Å². The summed E-state index contributed by atoms with van der Waals surface area (Å²) in [5, 5.41) is 9.53. The highest BCUT2D eigenvalue weighted by molar-refractivity contribution is 5.80. The van der Waals surface area contributed by atoms with Crippen LogP contribution in [-0.2, 0) is 20.7 Å². The number of hydrogen-bond acceptors (Lipinski definition) is 4. The number of halogens is 3. The number of aryl methyl sites for hydroxylation is 1. The van der Waals surface area contributed by atoms with Crippen molar-refractivity contribution in [2.24, 2.45) is 5.41 Å². The number of para-hydroxylation sites is 1. The van der Waals surface area contributed by atoms with Crippen LogP contribution in [0.1, 0.15) is 24.8 Å². The van der Waals surface area contributed by atoms with Gasteiger partial charge in [0, 0.05) is 26.6 Å². The molecule has 1 aliphatic rings.